The normalized spacial score (nSPS) is 10.8. The fraction of sp³-hybridized carbons (Fsp3) is 0.308. The van der Waals surface area contributed by atoms with Crippen molar-refractivity contribution in [2.75, 3.05) is 13.1 Å². The summed E-state index contributed by atoms with van der Waals surface area (Å²) >= 11 is 0. The number of fused-ring (bicyclic) bond motifs is 1. The summed E-state index contributed by atoms with van der Waals surface area (Å²) < 4.78 is 13.5. The van der Waals surface area contributed by atoms with E-state index in [1.54, 1.807) is 23.1 Å². The van der Waals surface area contributed by atoms with Crippen LogP contribution in [0.4, 0.5) is 4.39 Å². The molecule has 17 heavy (non-hydrogen) atoms. The zero-order valence-electron chi connectivity index (χ0n) is 9.96. The summed E-state index contributed by atoms with van der Waals surface area (Å²) in [5, 5.41) is 0.461. The molecule has 2 rings (SSSR count). The Kier molecular flexibility index (Phi) is 3.13. The van der Waals surface area contributed by atoms with Gasteiger partial charge in [-0.15, -0.1) is 0 Å². The van der Waals surface area contributed by atoms with Crippen LogP contribution in [-0.2, 0) is 0 Å². The van der Waals surface area contributed by atoms with Gasteiger partial charge in [0.2, 0.25) is 0 Å². The lowest BCUT2D eigenvalue weighted by Crippen LogP contribution is -2.30. The molecule has 1 aromatic heterocycles. The van der Waals surface area contributed by atoms with Gasteiger partial charge in [0, 0.05) is 24.0 Å². The van der Waals surface area contributed by atoms with Crippen LogP contribution in [0.2, 0.25) is 0 Å². The number of H-pyrrole nitrogens is 1. The van der Waals surface area contributed by atoms with Gasteiger partial charge >= 0.3 is 0 Å². The minimum Gasteiger partial charge on any atom is -0.350 e. The molecule has 1 amide bonds. The molecule has 90 valence electrons. The van der Waals surface area contributed by atoms with Gasteiger partial charge in [-0.3, -0.25) is 4.79 Å². The highest BCUT2D eigenvalue weighted by molar-refractivity contribution is 5.98. The van der Waals surface area contributed by atoms with E-state index in [4.69, 9.17) is 0 Å². The Bertz CT molecular complexity index is 543. The molecule has 0 fully saturated rings. The first kappa shape index (κ1) is 11.6. The molecular weight excluding hydrogens is 219 g/mol. The van der Waals surface area contributed by atoms with Crippen molar-refractivity contribution >= 4 is 16.8 Å². The molecule has 0 bridgehead atoms. The number of aromatic nitrogens is 1. The molecular formula is C13H15FN2O. The fourth-order valence-corrected chi connectivity index (χ4v) is 1.91. The maximum atomic E-state index is 13.5. The molecule has 0 saturated heterocycles. The fourth-order valence-electron chi connectivity index (χ4n) is 1.91. The number of benzene rings is 1. The van der Waals surface area contributed by atoms with Crippen LogP contribution in [0.15, 0.2) is 24.3 Å². The molecule has 0 aliphatic rings. The predicted octanol–water partition coefficient (Wildman–Crippen LogP) is 2.79. The first-order valence-corrected chi connectivity index (χ1v) is 5.73. The topological polar surface area (TPSA) is 36.1 Å². The maximum absolute atomic E-state index is 13.5. The SMILES string of the molecule is CCN(CC)C(=O)c1cc2c(F)cccc2[nH]1. The van der Waals surface area contributed by atoms with Crippen molar-refractivity contribution < 1.29 is 9.18 Å². The summed E-state index contributed by atoms with van der Waals surface area (Å²) in [6.07, 6.45) is 0. The molecule has 1 aromatic carbocycles. The number of nitrogens with one attached hydrogen (secondary N) is 1. The van der Waals surface area contributed by atoms with Crippen LogP contribution in [-0.4, -0.2) is 28.9 Å². The summed E-state index contributed by atoms with van der Waals surface area (Å²) in [6.45, 7) is 5.13. The van der Waals surface area contributed by atoms with Crippen molar-refractivity contribution in [3.8, 4) is 0 Å². The highest BCUT2D eigenvalue weighted by atomic mass is 19.1. The summed E-state index contributed by atoms with van der Waals surface area (Å²) in [5.74, 6) is -0.400. The average molecular weight is 234 g/mol. The van der Waals surface area contributed by atoms with Gasteiger partial charge in [-0.1, -0.05) is 6.07 Å². The lowest BCUT2D eigenvalue weighted by Gasteiger charge is -2.17. The predicted molar refractivity (Wildman–Crippen MR) is 65.5 cm³/mol. The van der Waals surface area contributed by atoms with Crippen LogP contribution < -0.4 is 0 Å². The second kappa shape index (κ2) is 4.57. The lowest BCUT2D eigenvalue weighted by atomic mass is 10.2. The summed E-state index contributed by atoms with van der Waals surface area (Å²) in [4.78, 5) is 16.7. The van der Waals surface area contributed by atoms with Crippen LogP contribution in [0, 0.1) is 5.82 Å². The van der Waals surface area contributed by atoms with Gasteiger partial charge in [-0.25, -0.2) is 4.39 Å². The van der Waals surface area contributed by atoms with Gasteiger partial charge in [-0.2, -0.15) is 0 Å². The molecule has 0 atom stereocenters. The maximum Gasteiger partial charge on any atom is 0.270 e. The Balaban J connectivity index is 2.43. The van der Waals surface area contributed by atoms with E-state index in [2.05, 4.69) is 4.98 Å². The Morgan fingerprint density at radius 1 is 1.35 bits per heavy atom. The monoisotopic (exact) mass is 234 g/mol. The Morgan fingerprint density at radius 2 is 2.06 bits per heavy atom. The largest absolute Gasteiger partial charge is 0.350 e. The Morgan fingerprint density at radius 3 is 2.65 bits per heavy atom. The second-order valence-electron chi connectivity index (χ2n) is 3.86. The standard InChI is InChI=1S/C13H15FN2O/c1-3-16(4-2)13(17)12-8-9-10(14)6-5-7-11(9)15-12/h5-8,15H,3-4H2,1-2H3. The van der Waals surface area contributed by atoms with Gasteiger partial charge in [0.1, 0.15) is 11.5 Å². The summed E-state index contributed by atoms with van der Waals surface area (Å²) in [7, 11) is 0. The molecule has 0 spiro atoms. The molecule has 0 unspecified atom stereocenters. The van der Waals surface area contributed by atoms with Crippen molar-refractivity contribution in [2.45, 2.75) is 13.8 Å². The minimum absolute atomic E-state index is 0.0920. The Labute approximate surface area is 99.2 Å². The zero-order valence-corrected chi connectivity index (χ0v) is 9.96. The number of halogens is 1. The number of carbonyl (C=O) groups is 1. The number of hydrogen-bond acceptors (Lipinski definition) is 1. The molecule has 0 aliphatic heterocycles. The van der Waals surface area contributed by atoms with Crippen molar-refractivity contribution in [3.63, 3.8) is 0 Å². The highest BCUT2D eigenvalue weighted by Crippen LogP contribution is 2.19. The van der Waals surface area contributed by atoms with E-state index in [1.165, 1.54) is 6.07 Å². The molecule has 0 saturated carbocycles. The van der Waals surface area contributed by atoms with E-state index in [1.807, 2.05) is 13.8 Å². The van der Waals surface area contributed by atoms with Crippen LogP contribution >= 0.6 is 0 Å². The molecule has 0 radical (unpaired) electrons. The third kappa shape index (κ3) is 2.02. The minimum atomic E-state index is -0.308. The molecule has 1 N–H and O–H groups in total. The van der Waals surface area contributed by atoms with Crippen molar-refractivity contribution in [3.05, 3.63) is 35.8 Å². The van der Waals surface area contributed by atoms with Crippen molar-refractivity contribution in [2.24, 2.45) is 0 Å². The van der Waals surface area contributed by atoms with E-state index in [-0.39, 0.29) is 11.7 Å². The third-order valence-electron chi connectivity index (χ3n) is 2.89. The van der Waals surface area contributed by atoms with Crippen LogP contribution in [0.3, 0.4) is 0 Å². The van der Waals surface area contributed by atoms with Crippen molar-refractivity contribution in [1.82, 2.24) is 9.88 Å². The first-order valence-electron chi connectivity index (χ1n) is 5.73. The highest BCUT2D eigenvalue weighted by Gasteiger charge is 2.15. The van der Waals surface area contributed by atoms with Gasteiger partial charge < -0.3 is 9.88 Å². The van der Waals surface area contributed by atoms with E-state index < -0.39 is 0 Å². The average Bonchev–Trinajstić information content (AvgIpc) is 2.76. The molecule has 1 heterocycles. The summed E-state index contributed by atoms with van der Waals surface area (Å²) in [5.41, 5.74) is 1.09. The molecule has 3 nitrogen and oxygen atoms in total. The lowest BCUT2D eigenvalue weighted by molar-refractivity contribution is 0.0768. The van der Waals surface area contributed by atoms with Gasteiger partial charge in [0.25, 0.3) is 5.91 Å². The van der Waals surface area contributed by atoms with E-state index in [9.17, 15) is 9.18 Å². The number of nitrogens with zero attached hydrogens (tertiary/aromatic N) is 1. The quantitative estimate of drug-likeness (QED) is 0.871. The number of hydrogen-bond donors (Lipinski definition) is 1. The van der Waals surface area contributed by atoms with Gasteiger partial charge in [-0.05, 0) is 32.0 Å². The number of amides is 1. The number of rotatable bonds is 3. The number of carbonyl (C=O) groups excluding carboxylic acids is 1. The van der Waals surface area contributed by atoms with Crippen LogP contribution in [0.25, 0.3) is 10.9 Å². The second-order valence-corrected chi connectivity index (χ2v) is 3.86. The van der Waals surface area contributed by atoms with Crippen LogP contribution in [0.5, 0.6) is 0 Å². The number of aromatic amines is 1. The van der Waals surface area contributed by atoms with Gasteiger partial charge in [0.05, 0.1) is 0 Å². The third-order valence-corrected chi connectivity index (χ3v) is 2.89. The van der Waals surface area contributed by atoms with E-state index >= 15 is 0 Å². The molecule has 2 aromatic rings. The smallest absolute Gasteiger partial charge is 0.270 e. The van der Waals surface area contributed by atoms with Gasteiger partial charge in [0.15, 0.2) is 0 Å². The first-order chi connectivity index (χ1) is 8.17. The molecule has 0 aliphatic carbocycles. The van der Waals surface area contributed by atoms with Crippen LogP contribution in [0.1, 0.15) is 24.3 Å². The molecule has 4 heteroatoms. The zero-order chi connectivity index (χ0) is 12.4. The summed E-state index contributed by atoms with van der Waals surface area (Å²) in [6, 6.07) is 6.35. The van der Waals surface area contributed by atoms with E-state index in [0.29, 0.717) is 29.7 Å². The van der Waals surface area contributed by atoms with Crippen molar-refractivity contribution in [1.29, 1.82) is 0 Å². The van der Waals surface area contributed by atoms with E-state index in [0.717, 1.165) is 0 Å². The Hall–Kier alpha value is -1.84.